The lowest BCUT2D eigenvalue weighted by atomic mass is 10.2. The number of nitrogens with zero attached hydrogens (tertiary/aromatic N) is 3. The summed E-state index contributed by atoms with van der Waals surface area (Å²) in [4.78, 5) is 28.0. The molecule has 0 aromatic carbocycles. The fourth-order valence-corrected chi connectivity index (χ4v) is 1.30. The lowest BCUT2D eigenvalue weighted by Crippen LogP contribution is -2.27. The van der Waals surface area contributed by atoms with Gasteiger partial charge in [0, 0.05) is 13.1 Å². The first-order valence-corrected chi connectivity index (χ1v) is 4.85. The second-order valence-corrected chi connectivity index (χ2v) is 3.44. The van der Waals surface area contributed by atoms with Crippen LogP contribution >= 0.6 is 0 Å². The lowest BCUT2D eigenvalue weighted by Gasteiger charge is -2.14. The fraction of sp³-hybridized carbons (Fsp3) is 0.200. The van der Waals surface area contributed by atoms with Crippen LogP contribution < -0.4 is 5.63 Å². The molecule has 0 saturated heterocycles. The van der Waals surface area contributed by atoms with Crippen molar-refractivity contribution in [2.24, 2.45) is 0 Å². The van der Waals surface area contributed by atoms with Crippen molar-refractivity contribution in [3.8, 4) is 0 Å². The van der Waals surface area contributed by atoms with E-state index in [4.69, 9.17) is 0 Å². The number of aromatic amines is 1. The summed E-state index contributed by atoms with van der Waals surface area (Å²) in [6.07, 6.45) is 2.51. The van der Waals surface area contributed by atoms with Crippen LogP contribution in [0.4, 0.5) is 0 Å². The van der Waals surface area contributed by atoms with E-state index in [-0.39, 0.29) is 5.91 Å². The molecule has 0 unspecified atom stereocenters. The maximum Gasteiger partial charge on any atom is 0.335 e. The second kappa shape index (κ2) is 4.60. The number of hydrogen-bond acceptors (Lipinski definition) is 5. The Hall–Kier alpha value is -2.44. The Kier molecular flexibility index (Phi) is 2.99. The zero-order chi connectivity index (χ0) is 12.3. The van der Waals surface area contributed by atoms with Gasteiger partial charge in [0.15, 0.2) is 0 Å². The Labute approximate surface area is 96.1 Å². The lowest BCUT2D eigenvalue weighted by molar-refractivity contribution is 0.0779. The van der Waals surface area contributed by atoms with Gasteiger partial charge >= 0.3 is 5.63 Å². The van der Waals surface area contributed by atoms with E-state index in [1.165, 1.54) is 23.4 Å². The zero-order valence-electron chi connectivity index (χ0n) is 9.08. The summed E-state index contributed by atoms with van der Waals surface area (Å²) < 4.78 is 4.63. The highest BCUT2D eigenvalue weighted by atomic mass is 16.4. The third kappa shape index (κ3) is 2.57. The predicted molar refractivity (Wildman–Crippen MR) is 57.2 cm³/mol. The van der Waals surface area contributed by atoms with Gasteiger partial charge in [0.1, 0.15) is 18.4 Å². The van der Waals surface area contributed by atoms with E-state index in [1.54, 1.807) is 7.05 Å². The Morgan fingerprint density at radius 3 is 2.94 bits per heavy atom. The molecule has 7 heteroatoms. The molecule has 0 fully saturated rings. The molecule has 0 aliphatic rings. The molecule has 0 aliphatic carbocycles. The Morgan fingerprint density at radius 1 is 1.53 bits per heavy atom. The summed E-state index contributed by atoms with van der Waals surface area (Å²) >= 11 is 0. The number of carbonyl (C=O) groups excluding carboxylic acids is 1. The van der Waals surface area contributed by atoms with Crippen molar-refractivity contribution in [2.75, 3.05) is 7.05 Å². The quantitative estimate of drug-likeness (QED) is 0.808. The third-order valence-electron chi connectivity index (χ3n) is 2.15. The average molecular weight is 234 g/mol. The molecule has 2 aromatic rings. The van der Waals surface area contributed by atoms with Crippen LogP contribution in [0, 0.1) is 0 Å². The van der Waals surface area contributed by atoms with Crippen molar-refractivity contribution < 1.29 is 9.21 Å². The molecule has 2 rings (SSSR count). The molecular weight excluding hydrogens is 224 g/mol. The minimum Gasteiger partial charge on any atom is -0.430 e. The summed E-state index contributed by atoms with van der Waals surface area (Å²) in [5, 5.41) is 6.34. The van der Waals surface area contributed by atoms with Crippen molar-refractivity contribution in [1.82, 2.24) is 20.1 Å². The Morgan fingerprint density at radius 2 is 2.35 bits per heavy atom. The number of hydrogen-bond donors (Lipinski definition) is 1. The normalized spacial score (nSPS) is 10.2. The standard InChI is InChI=1S/C10H10N4O3/c1-14(4-8-11-6-12-13-8)10(16)7-2-3-9(15)17-5-7/h2-3,5-6H,4H2,1H3,(H,11,12,13). The first-order chi connectivity index (χ1) is 8.16. The first-order valence-electron chi connectivity index (χ1n) is 4.85. The van der Waals surface area contributed by atoms with Gasteiger partial charge in [-0.1, -0.05) is 0 Å². The van der Waals surface area contributed by atoms with Crippen LogP contribution in [0.3, 0.4) is 0 Å². The molecule has 1 amide bonds. The highest BCUT2D eigenvalue weighted by Gasteiger charge is 2.13. The van der Waals surface area contributed by atoms with Crippen LogP contribution in [0.2, 0.25) is 0 Å². The zero-order valence-corrected chi connectivity index (χ0v) is 9.08. The molecule has 0 spiro atoms. The van der Waals surface area contributed by atoms with Crippen molar-refractivity contribution >= 4 is 5.91 Å². The highest BCUT2D eigenvalue weighted by Crippen LogP contribution is 2.03. The molecule has 0 atom stereocenters. The SMILES string of the molecule is CN(Cc1ncn[nH]1)C(=O)c1ccc(=O)oc1. The predicted octanol–water partition coefficient (Wildman–Crippen LogP) is 0.0301. The fourth-order valence-electron chi connectivity index (χ4n) is 1.30. The van der Waals surface area contributed by atoms with Gasteiger partial charge in [-0.25, -0.2) is 9.78 Å². The van der Waals surface area contributed by atoms with Gasteiger partial charge in [0.05, 0.1) is 12.1 Å². The van der Waals surface area contributed by atoms with Gasteiger partial charge in [-0.3, -0.25) is 9.89 Å². The van der Waals surface area contributed by atoms with E-state index in [2.05, 4.69) is 19.6 Å². The smallest absolute Gasteiger partial charge is 0.335 e. The highest BCUT2D eigenvalue weighted by molar-refractivity contribution is 5.93. The molecule has 2 heterocycles. The van der Waals surface area contributed by atoms with Crippen LogP contribution in [0.15, 0.2) is 33.9 Å². The van der Waals surface area contributed by atoms with E-state index in [9.17, 15) is 9.59 Å². The molecule has 7 nitrogen and oxygen atoms in total. The van der Waals surface area contributed by atoms with Crippen LogP contribution in [0.1, 0.15) is 16.2 Å². The van der Waals surface area contributed by atoms with E-state index >= 15 is 0 Å². The number of aromatic nitrogens is 3. The van der Waals surface area contributed by atoms with Gasteiger partial charge < -0.3 is 9.32 Å². The monoisotopic (exact) mass is 234 g/mol. The first kappa shape index (κ1) is 11.1. The number of amides is 1. The molecule has 0 aliphatic heterocycles. The van der Waals surface area contributed by atoms with E-state index < -0.39 is 5.63 Å². The summed E-state index contributed by atoms with van der Waals surface area (Å²) in [5.41, 5.74) is -0.175. The van der Waals surface area contributed by atoms with Crippen LogP contribution in [-0.2, 0) is 6.54 Å². The van der Waals surface area contributed by atoms with Gasteiger partial charge in [-0.15, -0.1) is 0 Å². The molecule has 2 aromatic heterocycles. The number of carbonyl (C=O) groups is 1. The minimum absolute atomic E-state index is 0.259. The maximum atomic E-state index is 11.9. The van der Waals surface area contributed by atoms with Crippen molar-refractivity contribution in [3.05, 3.63) is 46.5 Å². The van der Waals surface area contributed by atoms with Gasteiger partial charge in [0.2, 0.25) is 0 Å². The van der Waals surface area contributed by atoms with Gasteiger partial charge in [0.25, 0.3) is 5.91 Å². The van der Waals surface area contributed by atoms with Gasteiger partial charge in [-0.2, -0.15) is 5.10 Å². The van der Waals surface area contributed by atoms with E-state index in [0.29, 0.717) is 17.9 Å². The second-order valence-electron chi connectivity index (χ2n) is 3.44. The van der Waals surface area contributed by atoms with Crippen molar-refractivity contribution in [3.63, 3.8) is 0 Å². The Bertz CT molecular complexity index is 541. The minimum atomic E-state index is -0.487. The summed E-state index contributed by atoms with van der Waals surface area (Å²) in [6, 6.07) is 2.63. The number of rotatable bonds is 3. The van der Waals surface area contributed by atoms with Crippen molar-refractivity contribution in [1.29, 1.82) is 0 Å². The topological polar surface area (TPSA) is 92.1 Å². The summed E-state index contributed by atoms with van der Waals surface area (Å²) in [7, 11) is 1.62. The molecule has 88 valence electrons. The molecular formula is C10H10N4O3. The van der Waals surface area contributed by atoms with Crippen molar-refractivity contribution in [2.45, 2.75) is 6.54 Å². The van der Waals surface area contributed by atoms with Crippen LogP contribution in [-0.4, -0.2) is 33.0 Å². The molecule has 1 N–H and O–H groups in total. The summed E-state index contributed by atoms with van der Waals surface area (Å²) in [6.45, 7) is 0.304. The van der Waals surface area contributed by atoms with Gasteiger partial charge in [-0.05, 0) is 6.07 Å². The molecule has 0 radical (unpaired) electrons. The largest absolute Gasteiger partial charge is 0.430 e. The molecule has 0 saturated carbocycles. The maximum absolute atomic E-state index is 11.9. The summed E-state index contributed by atoms with van der Waals surface area (Å²) in [5.74, 6) is 0.323. The van der Waals surface area contributed by atoms with E-state index in [1.807, 2.05) is 0 Å². The molecule has 17 heavy (non-hydrogen) atoms. The number of H-pyrrole nitrogens is 1. The number of nitrogens with one attached hydrogen (secondary N) is 1. The third-order valence-corrected chi connectivity index (χ3v) is 2.15. The van der Waals surface area contributed by atoms with Crippen LogP contribution in [0.5, 0.6) is 0 Å². The van der Waals surface area contributed by atoms with E-state index in [0.717, 1.165) is 6.26 Å². The van der Waals surface area contributed by atoms with Crippen LogP contribution in [0.25, 0.3) is 0 Å². The molecule has 0 bridgehead atoms. The average Bonchev–Trinajstić information content (AvgIpc) is 2.82. The Balaban J connectivity index is 2.09.